The van der Waals surface area contributed by atoms with Crippen molar-refractivity contribution in [1.82, 2.24) is 0 Å². The Morgan fingerprint density at radius 3 is 2.33 bits per heavy atom. The molecule has 0 spiro atoms. The topological polar surface area (TPSA) is 127 Å². The Morgan fingerprint density at radius 1 is 0.900 bits per heavy atom. The molecule has 148 valence electrons. The quantitative estimate of drug-likeness (QED) is 0.388. The van der Waals surface area contributed by atoms with Crippen LogP contribution in [-0.2, 0) is 0 Å². The van der Waals surface area contributed by atoms with Crippen LogP contribution in [0.3, 0.4) is 0 Å². The van der Waals surface area contributed by atoms with Gasteiger partial charge in [0.2, 0.25) is 0 Å². The van der Waals surface area contributed by atoms with Crippen LogP contribution in [0.1, 0.15) is 31.1 Å². The number of para-hydroxylation sites is 1. The third-order valence-corrected chi connectivity index (χ3v) is 4.50. The van der Waals surface area contributed by atoms with Crippen molar-refractivity contribution in [2.24, 2.45) is 0 Å². The summed E-state index contributed by atoms with van der Waals surface area (Å²) in [6, 6.07) is 15.4. The van der Waals surface area contributed by atoms with E-state index in [9.17, 15) is 29.6 Å². The average molecular weight is 404 g/mol. The fourth-order valence-corrected chi connectivity index (χ4v) is 3.15. The van der Waals surface area contributed by atoms with E-state index < -0.39 is 22.7 Å². The molecule has 0 unspecified atom stereocenters. The molecule has 0 aromatic heterocycles. The fourth-order valence-electron chi connectivity index (χ4n) is 3.15. The van der Waals surface area contributed by atoms with E-state index in [0.29, 0.717) is 0 Å². The summed E-state index contributed by atoms with van der Waals surface area (Å²) >= 11 is 0. The molecule has 1 heterocycles. The Balaban J connectivity index is 1.69. The maximum atomic E-state index is 12.9. The molecule has 2 amide bonds. The van der Waals surface area contributed by atoms with Gasteiger partial charge in [-0.25, -0.2) is 9.69 Å². The second-order valence-corrected chi connectivity index (χ2v) is 6.33. The lowest BCUT2D eigenvalue weighted by atomic mass is 10.1. The number of ether oxygens (including phenoxy) is 1. The van der Waals surface area contributed by atoms with Gasteiger partial charge in [0.1, 0.15) is 11.5 Å². The molecule has 3 aromatic rings. The van der Waals surface area contributed by atoms with Gasteiger partial charge in [0, 0.05) is 6.07 Å². The maximum Gasteiger partial charge on any atom is 0.337 e. The molecule has 9 nitrogen and oxygen atoms in total. The number of carboxylic acid groups (broad SMARTS) is 1. The zero-order valence-corrected chi connectivity index (χ0v) is 15.1. The smallest absolute Gasteiger partial charge is 0.337 e. The predicted octanol–water partition coefficient (Wildman–Crippen LogP) is 3.89. The summed E-state index contributed by atoms with van der Waals surface area (Å²) in [6.07, 6.45) is 0. The number of benzene rings is 3. The fraction of sp³-hybridized carbons (Fsp3) is 0. The highest BCUT2D eigenvalue weighted by atomic mass is 16.6. The predicted molar refractivity (Wildman–Crippen MR) is 104 cm³/mol. The molecule has 0 bridgehead atoms. The van der Waals surface area contributed by atoms with Crippen molar-refractivity contribution in [1.29, 1.82) is 0 Å². The van der Waals surface area contributed by atoms with Gasteiger partial charge in [-0.15, -0.1) is 0 Å². The molecule has 9 heteroatoms. The molecule has 0 fully saturated rings. The summed E-state index contributed by atoms with van der Waals surface area (Å²) < 4.78 is 5.60. The normalized spacial score (nSPS) is 12.6. The first kappa shape index (κ1) is 18.8. The molecule has 4 rings (SSSR count). The number of hydrogen-bond donors (Lipinski definition) is 1. The Morgan fingerprint density at radius 2 is 1.60 bits per heavy atom. The minimum absolute atomic E-state index is 0.0302. The van der Waals surface area contributed by atoms with Crippen LogP contribution < -0.4 is 9.64 Å². The van der Waals surface area contributed by atoms with Crippen LogP contribution in [0.15, 0.2) is 66.7 Å². The Bertz CT molecular complexity index is 1240. The number of carbonyl (C=O) groups excluding carboxylic acids is 2. The number of non-ortho nitro benzene ring substituents is 1. The van der Waals surface area contributed by atoms with E-state index in [0.717, 1.165) is 4.90 Å². The van der Waals surface area contributed by atoms with Crippen LogP contribution in [0, 0.1) is 10.1 Å². The van der Waals surface area contributed by atoms with Gasteiger partial charge in [0.15, 0.2) is 0 Å². The van der Waals surface area contributed by atoms with Crippen LogP contribution in [0.4, 0.5) is 11.4 Å². The van der Waals surface area contributed by atoms with Gasteiger partial charge >= 0.3 is 5.97 Å². The van der Waals surface area contributed by atoms with E-state index in [1.54, 1.807) is 0 Å². The lowest BCUT2D eigenvalue weighted by molar-refractivity contribution is -0.384. The highest BCUT2D eigenvalue weighted by Gasteiger charge is 2.38. The molecule has 1 aliphatic rings. The number of rotatable bonds is 5. The number of nitrogens with zero attached hydrogens (tertiary/aromatic N) is 2. The number of anilines is 1. The lowest BCUT2D eigenvalue weighted by Gasteiger charge is -2.16. The summed E-state index contributed by atoms with van der Waals surface area (Å²) in [6.45, 7) is 0. The number of carboxylic acids is 1. The van der Waals surface area contributed by atoms with Crippen LogP contribution in [0.5, 0.6) is 11.5 Å². The number of hydrogen-bond acceptors (Lipinski definition) is 6. The second kappa shape index (κ2) is 7.13. The van der Waals surface area contributed by atoms with Gasteiger partial charge in [-0.3, -0.25) is 19.7 Å². The largest absolute Gasteiger partial charge is 0.478 e. The minimum atomic E-state index is -1.27. The number of amides is 2. The first-order valence-corrected chi connectivity index (χ1v) is 8.64. The molecule has 1 aliphatic heterocycles. The Hall–Kier alpha value is -4.53. The van der Waals surface area contributed by atoms with Crippen LogP contribution in [0.2, 0.25) is 0 Å². The van der Waals surface area contributed by atoms with Gasteiger partial charge in [-0.05, 0) is 36.4 Å². The molecule has 0 atom stereocenters. The molecular weight excluding hydrogens is 392 g/mol. The standard InChI is InChI=1S/C21H12N2O7/c24-19-15-9-8-14(30-13-5-3-4-12(10-13)23(28)29)11-17(15)20(25)22(19)18-7-2-1-6-16(18)21(26)27/h1-11H,(H,26,27). The number of nitro benzene ring substituents is 1. The summed E-state index contributed by atoms with van der Waals surface area (Å²) in [5, 5.41) is 20.3. The van der Waals surface area contributed by atoms with Crippen molar-refractivity contribution in [2.75, 3.05) is 4.90 Å². The van der Waals surface area contributed by atoms with Crippen molar-refractivity contribution < 1.29 is 29.2 Å². The van der Waals surface area contributed by atoms with Gasteiger partial charge in [0.05, 0.1) is 33.4 Å². The maximum absolute atomic E-state index is 12.9. The number of carbonyl (C=O) groups is 3. The van der Waals surface area contributed by atoms with Crippen molar-refractivity contribution in [2.45, 2.75) is 0 Å². The van der Waals surface area contributed by atoms with Gasteiger partial charge in [-0.1, -0.05) is 18.2 Å². The van der Waals surface area contributed by atoms with Gasteiger partial charge in [-0.2, -0.15) is 0 Å². The van der Waals surface area contributed by atoms with E-state index in [1.165, 1.54) is 66.7 Å². The molecule has 1 N–H and O–H groups in total. The third-order valence-electron chi connectivity index (χ3n) is 4.50. The second-order valence-electron chi connectivity index (χ2n) is 6.33. The number of nitro groups is 1. The summed E-state index contributed by atoms with van der Waals surface area (Å²) in [5.74, 6) is -2.21. The van der Waals surface area contributed by atoms with Crippen molar-refractivity contribution in [3.05, 3.63) is 93.5 Å². The number of aromatic carboxylic acids is 1. The molecule has 0 radical (unpaired) electrons. The summed E-state index contributed by atoms with van der Waals surface area (Å²) in [7, 11) is 0. The van der Waals surface area contributed by atoms with Crippen molar-refractivity contribution in [3.63, 3.8) is 0 Å². The van der Waals surface area contributed by atoms with Crippen molar-refractivity contribution >= 4 is 29.2 Å². The van der Waals surface area contributed by atoms with E-state index in [1.807, 2.05) is 0 Å². The highest BCUT2D eigenvalue weighted by Crippen LogP contribution is 2.34. The number of fused-ring (bicyclic) bond motifs is 1. The van der Waals surface area contributed by atoms with Gasteiger partial charge < -0.3 is 9.84 Å². The van der Waals surface area contributed by atoms with E-state index in [4.69, 9.17) is 4.74 Å². The van der Waals surface area contributed by atoms with Crippen LogP contribution >= 0.6 is 0 Å². The van der Waals surface area contributed by atoms with E-state index in [2.05, 4.69) is 0 Å². The zero-order valence-electron chi connectivity index (χ0n) is 15.1. The van der Waals surface area contributed by atoms with E-state index >= 15 is 0 Å². The molecule has 0 aliphatic carbocycles. The Labute approximate surface area is 168 Å². The number of imide groups is 1. The average Bonchev–Trinajstić information content (AvgIpc) is 2.98. The molecule has 30 heavy (non-hydrogen) atoms. The summed E-state index contributed by atoms with van der Waals surface area (Å²) in [5.41, 5.74) is -0.219. The SMILES string of the molecule is O=C(O)c1ccccc1N1C(=O)c2ccc(Oc3cccc([N+](=O)[O-])c3)cc2C1=O. The van der Waals surface area contributed by atoms with Crippen molar-refractivity contribution in [3.8, 4) is 11.5 Å². The minimum Gasteiger partial charge on any atom is -0.478 e. The van der Waals surface area contributed by atoms with Crippen LogP contribution in [-0.4, -0.2) is 27.8 Å². The first-order valence-electron chi connectivity index (χ1n) is 8.64. The van der Waals surface area contributed by atoms with Crippen LogP contribution in [0.25, 0.3) is 0 Å². The molecular formula is C21H12N2O7. The van der Waals surface area contributed by atoms with Gasteiger partial charge in [0.25, 0.3) is 17.5 Å². The highest BCUT2D eigenvalue weighted by molar-refractivity contribution is 6.35. The lowest BCUT2D eigenvalue weighted by Crippen LogP contribution is -2.30. The molecule has 3 aromatic carbocycles. The monoisotopic (exact) mass is 404 g/mol. The summed E-state index contributed by atoms with van der Waals surface area (Å²) in [4.78, 5) is 48.3. The molecule has 0 saturated carbocycles. The first-order chi connectivity index (χ1) is 14.4. The third kappa shape index (κ3) is 3.14. The Kier molecular flexibility index (Phi) is 4.47. The zero-order chi connectivity index (χ0) is 21.4. The molecule has 0 saturated heterocycles. The van der Waals surface area contributed by atoms with E-state index in [-0.39, 0.29) is 39.6 Å².